The van der Waals surface area contributed by atoms with Gasteiger partial charge in [-0.05, 0) is 113 Å². The molecule has 1 aromatic rings. The van der Waals surface area contributed by atoms with Crippen LogP contribution in [0.2, 0.25) is 19.1 Å². The molecular weight excluding hydrogens is 1430 g/mol. The number of carbonyl (C=O) groups excluding carboxylic acids is 5. The number of benzene rings is 1. The Balaban J connectivity index is 1.28. The summed E-state index contributed by atoms with van der Waals surface area (Å²) < 4.78 is 72.8. The second-order valence-corrected chi connectivity index (χ2v) is 31.3. The van der Waals surface area contributed by atoms with Crippen LogP contribution >= 0.6 is 46.1 Å². The van der Waals surface area contributed by atoms with Crippen molar-refractivity contribution >= 4 is 83.2 Å². The Morgan fingerprint density at radius 2 is 1.57 bits per heavy atom. The lowest BCUT2D eigenvalue weighted by molar-refractivity contribution is -0.337. The monoisotopic (exact) mass is 1520 g/mol. The number of allylic oxidation sites excluding steroid dienone is 3. The number of nitrogens with one attached hydrogen (secondary N) is 3. The molecule has 0 radical (unpaired) electrons. The molecule has 3 amide bonds. The lowest BCUT2D eigenvalue weighted by Crippen LogP contribution is -2.65. The number of ketones is 1. The molecular formula is C64H93IN4O24S2Si. The third-order valence-electron chi connectivity index (χ3n) is 16.6. The van der Waals surface area contributed by atoms with E-state index in [9.17, 15) is 54.3 Å². The number of aliphatic hydroxyl groups excluding tert-OH is 5. The molecule has 9 N–H and O–H groups in total. The molecule has 5 aliphatic rings. The smallest absolute Gasteiger partial charge is 0.411 e. The van der Waals surface area contributed by atoms with Crippen LogP contribution in [0, 0.1) is 34.2 Å². The number of nitrogens with zero attached hydrogens (tertiary/aromatic N) is 1. The zero-order valence-electron chi connectivity index (χ0n) is 56.4. The van der Waals surface area contributed by atoms with Gasteiger partial charge in [0.25, 0.3) is 0 Å². The van der Waals surface area contributed by atoms with Crippen molar-refractivity contribution in [1.82, 2.24) is 21.0 Å². The van der Waals surface area contributed by atoms with Crippen LogP contribution in [0.4, 0.5) is 4.79 Å². The van der Waals surface area contributed by atoms with Crippen LogP contribution in [-0.4, -0.2) is 255 Å². The van der Waals surface area contributed by atoms with Crippen LogP contribution in [0.5, 0.6) is 17.2 Å². The zero-order valence-corrected chi connectivity index (χ0v) is 61.2. The number of aliphatic hydroxyl groups is 5. The van der Waals surface area contributed by atoms with Gasteiger partial charge in [-0.3, -0.25) is 29.3 Å². The van der Waals surface area contributed by atoms with E-state index in [0.717, 1.165) is 18.9 Å². The third kappa shape index (κ3) is 20.8. The molecule has 0 bridgehead atoms. The summed E-state index contributed by atoms with van der Waals surface area (Å²) in [5.74, 6) is 10.4. The Kier molecular flexibility index (Phi) is 31.7. The number of halogens is 1. The van der Waals surface area contributed by atoms with Gasteiger partial charge in [-0.15, -0.1) is 17.7 Å². The molecule has 28 nitrogen and oxygen atoms in total. The average Bonchev–Trinajstić information content (AvgIpc) is 0.774. The lowest BCUT2D eigenvalue weighted by atomic mass is 9.84. The van der Waals surface area contributed by atoms with Gasteiger partial charge in [0, 0.05) is 64.8 Å². The van der Waals surface area contributed by atoms with E-state index in [1.165, 1.54) is 59.3 Å². The molecule has 32 heteroatoms. The third-order valence-corrected chi connectivity index (χ3v) is 21.8. The Labute approximate surface area is 583 Å². The van der Waals surface area contributed by atoms with Gasteiger partial charge in [0.1, 0.15) is 36.6 Å². The van der Waals surface area contributed by atoms with Crippen LogP contribution in [0.1, 0.15) is 83.1 Å². The normalized spacial score (nSPS) is 30.9. The number of rotatable bonds is 27. The maximum atomic E-state index is 14.5. The Morgan fingerprint density at radius 3 is 2.20 bits per heavy atom. The first kappa shape index (κ1) is 80.5. The van der Waals surface area contributed by atoms with E-state index in [4.69, 9.17) is 61.7 Å². The first-order chi connectivity index (χ1) is 45.6. The van der Waals surface area contributed by atoms with Crippen LogP contribution < -0.4 is 30.3 Å². The second-order valence-electron chi connectivity index (χ2n) is 23.9. The number of hydrogen-bond acceptors (Lipinski definition) is 27. The maximum Gasteiger partial charge on any atom is 0.411 e. The quantitative estimate of drug-likeness (QED) is 0.0201. The average molecular weight is 1520 g/mol. The van der Waals surface area contributed by atoms with E-state index >= 15 is 0 Å². The largest absolute Gasteiger partial charge is 0.492 e. The molecule has 4 heterocycles. The van der Waals surface area contributed by atoms with E-state index in [1.54, 1.807) is 45.6 Å². The van der Waals surface area contributed by atoms with Crippen molar-refractivity contribution in [3.63, 3.8) is 0 Å². The number of Topliss-reactive ketones (excluding diaryl/α,β-unsaturated/α-hetero) is 1. The minimum Gasteiger partial charge on any atom is -0.492 e. The molecule has 1 aromatic carbocycles. The molecule has 4 fully saturated rings. The second kappa shape index (κ2) is 37.8. The Bertz CT molecular complexity index is 3070. The van der Waals surface area contributed by atoms with Crippen LogP contribution in [-0.2, 0) is 61.9 Å². The first-order valence-electron chi connectivity index (χ1n) is 31.4. The van der Waals surface area contributed by atoms with Crippen molar-refractivity contribution < 1.29 is 116 Å². The van der Waals surface area contributed by atoms with Gasteiger partial charge in [-0.25, -0.2) is 4.79 Å². The van der Waals surface area contributed by atoms with Gasteiger partial charge in [-0.2, -0.15) is 5.48 Å². The standard InChI is InChI=1S/C64H93IN4O24S2Si/c1-15-17-18-19-20-22-42(48-37(39(71)27-40(72)51(48)67-64(79)85-12)23-25-94-31-44(74)66-24-21-26-96(13,14)80)90-63-58(91-45-29-43(81-8)38(30-86-45)69(16-2)36(7)70)53(76)50(33(4)88-63)68-93-46-28-41(73)60(35(6)87-46)95-61(78)47-32(3)49(65)56(59(84-11)55(47)82-9)92-62-54(77)57(83-10)52(75)34(5)89-62/h18-19,23,33-35,38-39,41-43,45-46,50,52-54,57-58,60,62-63,68,71,73,75-77,80H,16,21,24-31H2,1-14H3,(H,66,74)(H,67,79)/b19-18-,37-23-/t33?,34?,35?,38?,39?,41?,42-,43?,45?,46?,50?,52?,53?,54?,57?,58?,60?,62?,63?/m0/s1. The number of methoxy groups -OCH3 is 5. The number of thioether (sulfide) groups is 2. The number of alkyl carbamates (subject to hydrolysis) is 1. The fourth-order valence-corrected chi connectivity index (χ4v) is 15.2. The highest BCUT2D eigenvalue weighted by molar-refractivity contribution is 14.1. The predicted octanol–water partition coefficient (Wildman–Crippen LogP) is 2.87. The van der Waals surface area contributed by atoms with Crippen molar-refractivity contribution in [3.05, 3.63) is 49.8 Å². The van der Waals surface area contributed by atoms with Crippen molar-refractivity contribution in [2.75, 3.05) is 66.8 Å². The van der Waals surface area contributed by atoms with E-state index in [1.807, 2.05) is 42.6 Å². The molecule has 18 unspecified atom stereocenters. The highest BCUT2D eigenvalue weighted by Crippen LogP contribution is 2.49. The van der Waals surface area contributed by atoms with Gasteiger partial charge < -0.3 is 97.4 Å². The zero-order chi connectivity index (χ0) is 70.9. The Morgan fingerprint density at radius 1 is 0.875 bits per heavy atom. The van der Waals surface area contributed by atoms with Crippen LogP contribution in [0.25, 0.3) is 0 Å². The number of likely N-dealkylation sites (N-methyl/N-ethyl adjacent to an activating group) is 1. The molecule has 4 aliphatic heterocycles. The highest BCUT2D eigenvalue weighted by atomic mass is 127. The lowest BCUT2D eigenvalue weighted by Gasteiger charge is -2.47. The molecule has 536 valence electrons. The molecule has 0 saturated carbocycles. The van der Waals surface area contributed by atoms with E-state index in [-0.39, 0.29) is 82.4 Å². The van der Waals surface area contributed by atoms with E-state index in [0.29, 0.717) is 34.7 Å². The summed E-state index contributed by atoms with van der Waals surface area (Å²) in [6.45, 7) is 15.7. The van der Waals surface area contributed by atoms with Gasteiger partial charge in [0.2, 0.25) is 29.0 Å². The molecule has 0 aromatic heterocycles. The van der Waals surface area contributed by atoms with Crippen molar-refractivity contribution in [1.29, 1.82) is 0 Å². The van der Waals surface area contributed by atoms with Gasteiger partial charge in [0.15, 0.2) is 44.5 Å². The van der Waals surface area contributed by atoms with Crippen LogP contribution in [0.15, 0.2) is 35.1 Å². The number of amides is 3. The van der Waals surface area contributed by atoms with Crippen molar-refractivity contribution in [2.45, 2.75) is 209 Å². The molecule has 1 aliphatic carbocycles. The van der Waals surface area contributed by atoms with Crippen LogP contribution in [0.3, 0.4) is 0 Å². The summed E-state index contributed by atoms with van der Waals surface area (Å²) in [5.41, 5.74) is 3.07. The van der Waals surface area contributed by atoms with Gasteiger partial charge >= 0.3 is 6.09 Å². The molecule has 19 atom stereocenters. The predicted molar refractivity (Wildman–Crippen MR) is 362 cm³/mol. The van der Waals surface area contributed by atoms with Gasteiger partial charge in [-0.1, -0.05) is 35.6 Å². The highest BCUT2D eigenvalue weighted by Gasteiger charge is 2.51. The fourth-order valence-electron chi connectivity index (χ4n) is 11.6. The minimum absolute atomic E-state index is 0.00157. The molecule has 96 heavy (non-hydrogen) atoms. The summed E-state index contributed by atoms with van der Waals surface area (Å²) in [4.78, 5) is 85.3. The van der Waals surface area contributed by atoms with E-state index < -0.39 is 147 Å². The minimum atomic E-state index is -2.31. The number of hydrogen-bond donors (Lipinski definition) is 9. The van der Waals surface area contributed by atoms with Crippen molar-refractivity contribution in [3.8, 4) is 40.9 Å². The first-order valence-corrected chi connectivity index (χ1v) is 37.7. The number of ether oxygens (including phenoxy) is 12. The summed E-state index contributed by atoms with van der Waals surface area (Å²) >= 11 is 3.98. The summed E-state index contributed by atoms with van der Waals surface area (Å²) in [6.07, 6.45) is -16.3. The van der Waals surface area contributed by atoms with Crippen molar-refractivity contribution in [2.24, 2.45) is 0 Å². The number of hydroxylamine groups is 1. The topological polar surface area (TPSA) is 366 Å². The molecule has 6 rings (SSSR count). The van der Waals surface area contributed by atoms with Gasteiger partial charge in [0.05, 0.1) is 102 Å². The maximum absolute atomic E-state index is 14.5. The Hall–Kier alpha value is -4.48. The summed E-state index contributed by atoms with van der Waals surface area (Å²) in [5, 5.41) is 61.9. The fraction of sp³-hybridized carbons (Fsp3) is 0.672. The SMILES string of the molecule is CC#C/C=C\C#C[C@H](OC1OC(C)C(NOC2CC(O)C(SC(=O)c3c(C)c(I)c(OC4OC(C)C(O)C(OC)C4O)c(OC)c3OC)C(C)O2)C(O)C1OC1CC(OC)C(N(CC)C(C)=O)CO1)C1=C(NC(=O)OC)C(=O)CC(O)/C1=C/CSCC(=O)NCCC[Si](C)(C)O. The molecule has 0 spiro atoms. The summed E-state index contributed by atoms with van der Waals surface area (Å²) in [7, 11) is 4.32. The van der Waals surface area contributed by atoms with E-state index in [2.05, 4.69) is 39.8 Å². The summed E-state index contributed by atoms with van der Waals surface area (Å²) in [6, 6.07) is -1.09. The number of carbonyl (C=O) groups is 5. The molecule has 4 saturated heterocycles.